The quantitative estimate of drug-likeness (QED) is 0.231. The molecular formula is C28H21F6NS2. The summed E-state index contributed by atoms with van der Waals surface area (Å²) < 4.78 is 92.3. The van der Waals surface area contributed by atoms with Crippen LogP contribution in [0.15, 0.2) is 54.9 Å². The van der Waals surface area contributed by atoms with Crippen molar-refractivity contribution in [3.8, 4) is 20.9 Å². The molecule has 1 aliphatic rings. The third-order valence-electron chi connectivity index (χ3n) is 6.77. The van der Waals surface area contributed by atoms with Crippen LogP contribution in [-0.4, -0.2) is 22.8 Å². The van der Waals surface area contributed by atoms with E-state index in [2.05, 4.69) is 4.98 Å². The van der Waals surface area contributed by atoms with Crippen molar-refractivity contribution in [3.63, 3.8) is 0 Å². The van der Waals surface area contributed by atoms with Crippen LogP contribution < -0.4 is 0 Å². The molecule has 0 saturated heterocycles. The summed E-state index contributed by atoms with van der Waals surface area (Å²) in [5.74, 6) is -15.8. The van der Waals surface area contributed by atoms with Crippen LogP contribution in [0.5, 0.6) is 0 Å². The van der Waals surface area contributed by atoms with Crippen molar-refractivity contribution in [1.29, 1.82) is 0 Å². The Morgan fingerprint density at radius 3 is 1.54 bits per heavy atom. The number of rotatable bonds is 4. The fraction of sp³-hybridized carbons (Fsp3) is 0.250. The summed E-state index contributed by atoms with van der Waals surface area (Å²) in [6.07, 6.45) is 3.06. The summed E-state index contributed by atoms with van der Waals surface area (Å²) in [6, 6.07) is 12.2. The zero-order chi connectivity index (χ0) is 26.9. The maximum absolute atomic E-state index is 15.6. The van der Waals surface area contributed by atoms with E-state index in [4.69, 9.17) is 0 Å². The SMILES string of the molecule is Cc1sc(-c2ccccc2)c(C)c1C1=C(c2c(C)sc(-c3cccnc3)c2C)C(F)(F)C(F)(F)C1(F)F. The van der Waals surface area contributed by atoms with E-state index in [9.17, 15) is 0 Å². The van der Waals surface area contributed by atoms with Crippen LogP contribution in [-0.2, 0) is 0 Å². The number of nitrogens with zero attached hydrogens (tertiary/aromatic N) is 1. The number of aryl methyl sites for hydroxylation is 2. The molecule has 4 aromatic rings. The van der Waals surface area contributed by atoms with Crippen LogP contribution >= 0.6 is 22.7 Å². The number of alkyl halides is 6. The monoisotopic (exact) mass is 549 g/mol. The van der Waals surface area contributed by atoms with Gasteiger partial charge in [-0.25, -0.2) is 0 Å². The number of thiophene rings is 2. The van der Waals surface area contributed by atoms with Crippen LogP contribution in [0.2, 0.25) is 0 Å². The van der Waals surface area contributed by atoms with Crippen molar-refractivity contribution in [1.82, 2.24) is 4.98 Å². The van der Waals surface area contributed by atoms with E-state index in [1.54, 1.807) is 48.7 Å². The Labute approximate surface area is 218 Å². The van der Waals surface area contributed by atoms with Gasteiger partial charge in [-0.2, -0.15) is 26.3 Å². The van der Waals surface area contributed by atoms with Crippen LogP contribution in [0, 0.1) is 27.7 Å². The number of pyridine rings is 1. The fourth-order valence-electron chi connectivity index (χ4n) is 5.07. The van der Waals surface area contributed by atoms with Crippen LogP contribution in [0.4, 0.5) is 26.3 Å². The normalized spacial score (nSPS) is 18.0. The molecule has 0 spiro atoms. The first-order chi connectivity index (χ1) is 17.3. The summed E-state index contributed by atoms with van der Waals surface area (Å²) in [7, 11) is 0. The first kappa shape index (κ1) is 25.7. The van der Waals surface area contributed by atoms with Crippen molar-refractivity contribution >= 4 is 33.8 Å². The lowest BCUT2D eigenvalue weighted by molar-refractivity contribution is -0.254. The second-order valence-corrected chi connectivity index (χ2v) is 11.5. The van der Waals surface area contributed by atoms with Crippen molar-refractivity contribution in [3.05, 3.63) is 86.9 Å². The zero-order valence-electron chi connectivity index (χ0n) is 20.2. The van der Waals surface area contributed by atoms with E-state index in [1.807, 2.05) is 0 Å². The van der Waals surface area contributed by atoms with E-state index < -0.39 is 28.9 Å². The molecule has 192 valence electrons. The lowest BCUT2D eigenvalue weighted by Gasteiger charge is -2.26. The molecule has 1 nitrogen and oxygen atoms in total. The molecule has 9 heteroatoms. The van der Waals surface area contributed by atoms with Crippen LogP contribution in [0.1, 0.15) is 32.0 Å². The molecule has 0 fully saturated rings. The maximum atomic E-state index is 15.6. The summed E-state index contributed by atoms with van der Waals surface area (Å²) in [5, 5.41) is 0. The largest absolute Gasteiger partial charge is 0.380 e. The Morgan fingerprint density at radius 1 is 0.622 bits per heavy atom. The minimum absolute atomic E-state index is 0.241. The van der Waals surface area contributed by atoms with Crippen molar-refractivity contribution < 1.29 is 26.3 Å². The lowest BCUT2D eigenvalue weighted by Crippen LogP contribution is -2.49. The molecule has 1 aliphatic carbocycles. The molecular weight excluding hydrogens is 528 g/mol. The molecule has 3 aromatic heterocycles. The van der Waals surface area contributed by atoms with Crippen molar-refractivity contribution in [2.75, 3.05) is 0 Å². The minimum Gasteiger partial charge on any atom is -0.264 e. The topological polar surface area (TPSA) is 12.9 Å². The third-order valence-corrected chi connectivity index (χ3v) is 9.28. The average Bonchev–Trinajstić information content (AvgIpc) is 3.35. The van der Waals surface area contributed by atoms with E-state index in [0.717, 1.165) is 22.7 Å². The van der Waals surface area contributed by atoms with E-state index in [1.165, 1.54) is 33.9 Å². The van der Waals surface area contributed by atoms with Gasteiger partial charge in [-0.1, -0.05) is 36.4 Å². The molecule has 37 heavy (non-hydrogen) atoms. The number of hydrogen-bond donors (Lipinski definition) is 0. The smallest absolute Gasteiger partial charge is 0.264 e. The van der Waals surface area contributed by atoms with Gasteiger partial charge in [0.25, 0.3) is 0 Å². The fourth-order valence-corrected chi connectivity index (χ4v) is 7.40. The standard InChI is InChI=1S/C28H21F6NS2/c1-14-20(16(3)36-24(14)18-9-6-5-7-10-18)22-23(27(31,32)28(33,34)26(22,29)30)21-15(2)25(37-17(21)4)19-11-8-12-35-13-19/h5-13H,1-4H3. The number of halogens is 6. The van der Waals surface area contributed by atoms with Gasteiger partial charge in [0.05, 0.1) is 0 Å². The van der Waals surface area contributed by atoms with E-state index in [0.29, 0.717) is 20.9 Å². The molecule has 0 aliphatic heterocycles. The highest BCUT2D eigenvalue weighted by Crippen LogP contribution is 2.67. The third kappa shape index (κ3) is 3.54. The summed E-state index contributed by atoms with van der Waals surface area (Å²) in [6.45, 7) is 6.01. The Balaban J connectivity index is 1.87. The highest BCUT2D eigenvalue weighted by atomic mass is 32.1. The molecule has 0 unspecified atom stereocenters. The Morgan fingerprint density at radius 2 is 1.08 bits per heavy atom. The summed E-state index contributed by atoms with van der Waals surface area (Å²) >= 11 is 2.22. The molecule has 1 aromatic carbocycles. The molecule has 0 atom stereocenters. The van der Waals surface area contributed by atoms with Gasteiger partial charge < -0.3 is 0 Å². The first-order valence-corrected chi connectivity index (χ1v) is 13.0. The number of benzene rings is 1. The molecule has 0 N–H and O–H groups in total. The van der Waals surface area contributed by atoms with Crippen molar-refractivity contribution in [2.24, 2.45) is 0 Å². The van der Waals surface area contributed by atoms with Crippen LogP contribution in [0.3, 0.4) is 0 Å². The second-order valence-electron chi connectivity index (χ2n) is 9.06. The van der Waals surface area contributed by atoms with Gasteiger partial charge in [0.2, 0.25) is 0 Å². The van der Waals surface area contributed by atoms with Crippen molar-refractivity contribution in [2.45, 2.75) is 45.5 Å². The summed E-state index contributed by atoms with van der Waals surface area (Å²) in [4.78, 5) is 5.66. The minimum atomic E-state index is -5.60. The average molecular weight is 550 g/mol. The summed E-state index contributed by atoms with van der Waals surface area (Å²) in [5.41, 5.74) is -1.29. The molecule has 0 bridgehead atoms. The van der Waals surface area contributed by atoms with Gasteiger partial charge in [-0.15, -0.1) is 22.7 Å². The molecule has 3 heterocycles. The predicted octanol–water partition coefficient (Wildman–Crippen LogP) is 9.60. The molecule has 5 rings (SSSR count). The molecule has 0 amide bonds. The van der Waals surface area contributed by atoms with Gasteiger partial charge in [0, 0.05) is 59.7 Å². The molecule has 0 saturated carbocycles. The number of allylic oxidation sites excluding steroid dienone is 2. The molecule has 0 radical (unpaired) electrons. The maximum Gasteiger partial charge on any atom is 0.380 e. The van der Waals surface area contributed by atoms with Gasteiger partial charge in [0.15, 0.2) is 0 Å². The second kappa shape index (κ2) is 8.56. The number of aromatic nitrogens is 1. The highest BCUT2D eigenvalue weighted by molar-refractivity contribution is 7.16. The van der Waals surface area contributed by atoms with Gasteiger partial charge >= 0.3 is 17.8 Å². The highest BCUT2D eigenvalue weighted by Gasteiger charge is 2.80. The Bertz CT molecular complexity index is 1420. The van der Waals surface area contributed by atoms with Gasteiger partial charge in [-0.3, -0.25) is 4.98 Å². The van der Waals surface area contributed by atoms with E-state index >= 15 is 26.3 Å². The Kier molecular flexibility index (Phi) is 5.95. The first-order valence-electron chi connectivity index (χ1n) is 11.4. The van der Waals surface area contributed by atoms with E-state index in [-0.39, 0.29) is 32.0 Å². The van der Waals surface area contributed by atoms with Crippen LogP contribution in [0.25, 0.3) is 32.0 Å². The Hall–Kier alpha value is -2.91. The predicted molar refractivity (Wildman–Crippen MR) is 138 cm³/mol. The van der Waals surface area contributed by atoms with Gasteiger partial charge in [-0.05, 0) is 50.5 Å². The lowest BCUT2D eigenvalue weighted by atomic mass is 9.90. The number of hydrogen-bond acceptors (Lipinski definition) is 3. The zero-order valence-corrected chi connectivity index (χ0v) is 21.9. The van der Waals surface area contributed by atoms with Gasteiger partial charge in [0.1, 0.15) is 0 Å².